The second-order valence-corrected chi connectivity index (χ2v) is 5.43. The first kappa shape index (κ1) is 14.3. The lowest BCUT2D eigenvalue weighted by atomic mass is 9.98. The minimum absolute atomic E-state index is 0.00565. The van der Waals surface area contributed by atoms with Gasteiger partial charge < -0.3 is 9.47 Å². The summed E-state index contributed by atoms with van der Waals surface area (Å²) in [5.41, 5.74) is 3.33. The van der Waals surface area contributed by atoms with Crippen molar-refractivity contribution in [1.82, 2.24) is 4.90 Å². The van der Waals surface area contributed by atoms with E-state index in [1.54, 1.807) is 0 Å². The van der Waals surface area contributed by atoms with Crippen LogP contribution in [0.4, 0.5) is 0 Å². The highest BCUT2D eigenvalue weighted by atomic mass is 16.7. The van der Waals surface area contributed by atoms with E-state index >= 15 is 0 Å². The summed E-state index contributed by atoms with van der Waals surface area (Å²) in [6, 6.07) is 10.0. The van der Waals surface area contributed by atoms with Crippen molar-refractivity contribution >= 4 is 5.57 Å². The van der Waals surface area contributed by atoms with Crippen molar-refractivity contribution in [3.05, 3.63) is 41.5 Å². The number of benzene rings is 1. The zero-order valence-corrected chi connectivity index (χ0v) is 12.1. The summed E-state index contributed by atoms with van der Waals surface area (Å²) in [6.07, 6.45) is 4.29. The fourth-order valence-corrected chi connectivity index (χ4v) is 2.80. The van der Waals surface area contributed by atoms with Crippen LogP contribution in [0.25, 0.3) is 5.57 Å². The van der Waals surface area contributed by atoms with E-state index in [1.165, 1.54) is 11.1 Å². The zero-order valence-electron chi connectivity index (χ0n) is 12.1. The van der Waals surface area contributed by atoms with Crippen LogP contribution >= 0.6 is 0 Å². The molecular formula is C17H20N2O2. The first-order chi connectivity index (χ1) is 10.3. The van der Waals surface area contributed by atoms with Crippen LogP contribution in [-0.2, 0) is 9.47 Å². The highest BCUT2D eigenvalue weighted by Gasteiger charge is 2.18. The number of nitrogens with zero attached hydrogens (tertiary/aromatic N) is 2. The Morgan fingerprint density at radius 2 is 1.95 bits per heavy atom. The third-order valence-corrected chi connectivity index (χ3v) is 4.05. The molecule has 3 rings (SSSR count). The SMILES string of the molecule is N#Cc1ccc(C2=CCN(CCC3OCCO3)CC2)cc1. The van der Waals surface area contributed by atoms with Crippen LogP contribution in [-0.4, -0.2) is 44.0 Å². The van der Waals surface area contributed by atoms with Gasteiger partial charge in [0, 0.05) is 26.1 Å². The van der Waals surface area contributed by atoms with Gasteiger partial charge in [0.2, 0.25) is 0 Å². The van der Waals surface area contributed by atoms with Crippen LogP contribution in [0.1, 0.15) is 24.0 Å². The van der Waals surface area contributed by atoms with Gasteiger partial charge in [-0.05, 0) is 29.7 Å². The number of hydrogen-bond donors (Lipinski definition) is 0. The molecule has 110 valence electrons. The van der Waals surface area contributed by atoms with E-state index in [-0.39, 0.29) is 6.29 Å². The van der Waals surface area contributed by atoms with E-state index in [2.05, 4.69) is 17.0 Å². The van der Waals surface area contributed by atoms with Crippen LogP contribution < -0.4 is 0 Å². The molecule has 4 heteroatoms. The fraction of sp³-hybridized carbons (Fsp3) is 0.471. The topological polar surface area (TPSA) is 45.5 Å². The van der Waals surface area contributed by atoms with Crippen LogP contribution in [0.3, 0.4) is 0 Å². The van der Waals surface area contributed by atoms with Crippen molar-refractivity contribution in [3.63, 3.8) is 0 Å². The van der Waals surface area contributed by atoms with Gasteiger partial charge in [0.25, 0.3) is 0 Å². The summed E-state index contributed by atoms with van der Waals surface area (Å²) in [5.74, 6) is 0. The Bertz CT molecular complexity index is 539. The second-order valence-electron chi connectivity index (χ2n) is 5.43. The number of ether oxygens (including phenoxy) is 2. The lowest BCUT2D eigenvalue weighted by Gasteiger charge is -2.27. The maximum absolute atomic E-state index is 8.83. The molecule has 0 aromatic heterocycles. The van der Waals surface area contributed by atoms with E-state index in [1.807, 2.05) is 24.3 Å². The Morgan fingerprint density at radius 1 is 1.19 bits per heavy atom. The van der Waals surface area contributed by atoms with E-state index < -0.39 is 0 Å². The molecule has 0 amide bonds. The van der Waals surface area contributed by atoms with E-state index in [0.717, 1.165) is 45.7 Å². The van der Waals surface area contributed by atoms with Gasteiger partial charge in [0.1, 0.15) is 0 Å². The van der Waals surface area contributed by atoms with Crippen LogP contribution in [0.15, 0.2) is 30.3 Å². The van der Waals surface area contributed by atoms with Gasteiger partial charge in [-0.2, -0.15) is 5.26 Å². The second kappa shape index (κ2) is 6.86. The van der Waals surface area contributed by atoms with Gasteiger partial charge in [0.15, 0.2) is 6.29 Å². The molecule has 2 aliphatic heterocycles. The predicted octanol–water partition coefficient (Wildman–Crippen LogP) is 2.41. The zero-order chi connectivity index (χ0) is 14.5. The molecule has 0 saturated carbocycles. The average molecular weight is 284 g/mol. The smallest absolute Gasteiger partial charge is 0.159 e. The van der Waals surface area contributed by atoms with Gasteiger partial charge in [-0.3, -0.25) is 4.90 Å². The lowest BCUT2D eigenvalue weighted by molar-refractivity contribution is -0.0511. The number of hydrogen-bond acceptors (Lipinski definition) is 4. The molecule has 2 heterocycles. The highest BCUT2D eigenvalue weighted by molar-refractivity contribution is 5.67. The molecule has 1 fully saturated rings. The Balaban J connectivity index is 1.52. The molecule has 0 aliphatic carbocycles. The van der Waals surface area contributed by atoms with Crippen LogP contribution in [0, 0.1) is 11.3 Å². The molecule has 1 aromatic carbocycles. The minimum Gasteiger partial charge on any atom is -0.350 e. The third kappa shape index (κ3) is 3.70. The molecule has 0 N–H and O–H groups in total. The van der Waals surface area contributed by atoms with Gasteiger partial charge in [-0.25, -0.2) is 0 Å². The normalized spacial score (nSPS) is 20.2. The van der Waals surface area contributed by atoms with Crippen molar-refractivity contribution in [3.8, 4) is 6.07 Å². The summed E-state index contributed by atoms with van der Waals surface area (Å²) in [7, 11) is 0. The summed E-state index contributed by atoms with van der Waals surface area (Å²) in [5, 5.41) is 8.83. The minimum atomic E-state index is -0.00565. The Morgan fingerprint density at radius 3 is 2.57 bits per heavy atom. The Kier molecular flexibility index (Phi) is 4.66. The quantitative estimate of drug-likeness (QED) is 0.852. The van der Waals surface area contributed by atoms with E-state index in [4.69, 9.17) is 14.7 Å². The van der Waals surface area contributed by atoms with Gasteiger partial charge in [-0.15, -0.1) is 0 Å². The van der Waals surface area contributed by atoms with E-state index in [9.17, 15) is 0 Å². The molecule has 0 spiro atoms. The highest BCUT2D eigenvalue weighted by Crippen LogP contribution is 2.23. The van der Waals surface area contributed by atoms with Gasteiger partial charge >= 0.3 is 0 Å². The van der Waals surface area contributed by atoms with Crippen molar-refractivity contribution in [1.29, 1.82) is 5.26 Å². The molecule has 0 bridgehead atoms. The third-order valence-electron chi connectivity index (χ3n) is 4.05. The Hall–Kier alpha value is -1.67. The Labute approximate surface area is 125 Å². The number of rotatable bonds is 4. The van der Waals surface area contributed by atoms with Gasteiger partial charge in [-0.1, -0.05) is 18.2 Å². The molecule has 4 nitrogen and oxygen atoms in total. The standard InChI is InChI=1S/C17H20N2O2/c18-13-14-1-3-15(4-2-14)16-5-8-19(9-6-16)10-7-17-20-11-12-21-17/h1-5,17H,6-12H2. The van der Waals surface area contributed by atoms with Crippen molar-refractivity contribution in [2.24, 2.45) is 0 Å². The van der Waals surface area contributed by atoms with Crippen molar-refractivity contribution in [2.75, 3.05) is 32.8 Å². The number of nitriles is 1. The molecule has 21 heavy (non-hydrogen) atoms. The van der Waals surface area contributed by atoms with Crippen LogP contribution in [0.5, 0.6) is 0 Å². The van der Waals surface area contributed by atoms with Crippen LogP contribution in [0.2, 0.25) is 0 Å². The molecule has 0 atom stereocenters. The summed E-state index contributed by atoms with van der Waals surface area (Å²) >= 11 is 0. The average Bonchev–Trinajstić information content (AvgIpc) is 3.07. The van der Waals surface area contributed by atoms with E-state index in [0.29, 0.717) is 5.56 Å². The first-order valence-corrected chi connectivity index (χ1v) is 7.50. The molecule has 2 aliphatic rings. The summed E-state index contributed by atoms with van der Waals surface area (Å²) < 4.78 is 10.9. The fourth-order valence-electron chi connectivity index (χ4n) is 2.80. The first-order valence-electron chi connectivity index (χ1n) is 7.50. The maximum atomic E-state index is 8.83. The maximum Gasteiger partial charge on any atom is 0.159 e. The predicted molar refractivity (Wildman–Crippen MR) is 80.5 cm³/mol. The van der Waals surface area contributed by atoms with Crippen molar-refractivity contribution in [2.45, 2.75) is 19.1 Å². The largest absolute Gasteiger partial charge is 0.350 e. The molecule has 1 saturated heterocycles. The molecular weight excluding hydrogens is 264 g/mol. The lowest BCUT2D eigenvalue weighted by Crippen LogP contribution is -2.31. The summed E-state index contributed by atoms with van der Waals surface area (Å²) in [4.78, 5) is 2.43. The molecule has 0 radical (unpaired) electrons. The van der Waals surface area contributed by atoms with Crippen molar-refractivity contribution < 1.29 is 9.47 Å². The molecule has 1 aromatic rings. The summed E-state index contributed by atoms with van der Waals surface area (Å²) in [6.45, 7) is 4.52. The van der Waals surface area contributed by atoms with Gasteiger partial charge in [0.05, 0.1) is 24.8 Å². The monoisotopic (exact) mass is 284 g/mol. The molecule has 0 unspecified atom stereocenters.